The number of aromatic nitrogens is 5. The number of carbonyl (C=O) groups excluding carboxylic acids is 1. The molecule has 1 aliphatic rings. The molecule has 0 aliphatic heterocycles. The first-order valence-corrected chi connectivity index (χ1v) is 11.5. The lowest BCUT2D eigenvalue weighted by Gasteiger charge is -2.28. The van der Waals surface area contributed by atoms with Gasteiger partial charge in [0.1, 0.15) is 11.3 Å². The fourth-order valence-electron chi connectivity index (χ4n) is 4.53. The molecule has 1 aromatic carbocycles. The van der Waals surface area contributed by atoms with Crippen molar-refractivity contribution in [2.45, 2.75) is 31.7 Å². The number of nitrogens with zero attached hydrogens (tertiary/aromatic N) is 5. The number of nitrogens with one attached hydrogen (secondary N) is 1. The average molecular weight is 474 g/mol. The van der Waals surface area contributed by atoms with Crippen LogP contribution in [-0.2, 0) is 4.79 Å². The van der Waals surface area contributed by atoms with Crippen LogP contribution in [0.5, 0.6) is 11.6 Å². The number of hydrogen-bond acceptors (Lipinski definition) is 8. The first kappa shape index (κ1) is 22.6. The van der Waals surface area contributed by atoms with Gasteiger partial charge in [-0.2, -0.15) is 0 Å². The van der Waals surface area contributed by atoms with Gasteiger partial charge in [-0.05, 0) is 43.9 Å². The van der Waals surface area contributed by atoms with Crippen molar-refractivity contribution in [2.75, 3.05) is 25.3 Å². The average Bonchev–Trinajstić information content (AvgIpc) is 3.33. The molecule has 35 heavy (non-hydrogen) atoms. The molecule has 3 heterocycles. The highest BCUT2D eigenvalue weighted by Crippen LogP contribution is 2.35. The molecule has 0 saturated heterocycles. The molecule has 4 aromatic rings. The fraction of sp³-hybridized carbons (Fsp3) is 0.320. The molecule has 0 atom stereocenters. The highest BCUT2D eigenvalue weighted by molar-refractivity contribution is 5.92. The first-order chi connectivity index (χ1) is 17.1. The molecule has 0 radical (unpaired) electrons. The van der Waals surface area contributed by atoms with E-state index >= 15 is 0 Å². The van der Waals surface area contributed by atoms with E-state index in [9.17, 15) is 4.79 Å². The topological polar surface area (TPSA) is 130 Å². The second kappa shape index (κ2) is 9.57. The number of methoxy groups -OCH3 is 2. The predicted molar refractivity (Wildman–Crippen MR) is 132 cm³/mol. The van der Waals surface area contributed by atoms with E-state index < -0.39 is 0 Å². The zero-order chi connectivity index (χ0) is 24.4. The maximum atomic E-state index is 12.8. The van der Waals surface area contributed by atoms with Crippen molar-refractivity contribution in [3.8, 4) is 23.0 Å². The normalized spacial score (nSPS) is 17.8. The van der Waals surface area contributed by atoms with E-state index in [2.05, 4.69) is 24.8 Å². The molecule has 1 amide bonds. The second-order valence-electron chi connectivity index (χ2n) is 8.57. The van der Waals surface area contributed by atoms with Crippen molar-refractivity contribution >= 4 is 28.6 Å². The van der Waals surface area contributed by atoms with E-state index in [1.165, 1.54) is 0 Å². The molecule has 0 unspecified atom stereocenters. The van der Waals surface area contributed by atoms with Crippen molar-refractivity contribution in [3.05, 3.63) is 48.9 Å². The summed E-state index contributed by atoms with van der Waals surface area (Å²) in [5.74, 6) is 2.02. The van der Waals surface area contributed by atoms with Crippen LogP contribution in [0.1, 0.15) is 31.7 Å². The summed E-state index contributed by atoms with van der Waals surface area (Å²) >= 11 is 0. The Bertz CT molecular complexity index is 1350. The molecule has 0 spiro atoms. The van der Waals surface area contributed by atoms with Gasteiger partial charge in [0.25, 0.3) is 0 Å². The summed E-state index contributed by atoms with van der Waals surface area (Å²) in [7, 11) is 3.18. The van der Waals surface area contributed by atoms with Crippen LogP contribution in [0.2, 0.25) is 0 Å². The van der Waals surface area contributed by atoms with Crippen LogP contribution >= 0.6 is 0 Å². The molecule has 10 nitrogen and oxygen atoms in total. The molecule has 1 aliphatic carbocycles. The zero-order valence-corrected chi connectivity index (χ0v) is 19.6. The van der Waals surface area contributed by atoms with Gasteiger partial charge in [0.2, 0.25) is 11.8 Å². The number of carbonyl (C=O) groups is 1. The van der Waals surface area contributed by atoms with Gasteiger partial charge >= 0.3 is 0 Å². The number of anilines is 2. The Morgan fingerprint density at radius 3 is 2.60 bits per heavy atom. The van der Waals surface area contributed by atoms with Crippen LogP contribution in [0.3, 0.4) is 0 Å². The van der Waals surface area contributed by atoms with Crippen LogP contribution in [0.4, 0.5) is 11.5 Å². The second-order valence-corrected chi connectivity index (χ2v) is 8.57. The zero-order valence-electron chi connectivity index (χ0n) is 19.6. The first-order valence-electron chi connectivity index (χ1n) is 11.5. The molecule has 180 valence electrons. The molecule has 3 aromatic heterocycles. The Labute approximate surface area is 202 Å². The Kier molecular flexibility index (Phi) is 6.17. The van der Waals surface area contributed by atoms with Gasteiger partial charge in [-0.15, -0.1) is 0 Å². The Morgan fingerprint density at radius 2 is 1.89 bits per heavy atom. The van der Waals surface area contributed by atoms with Crippen LogP contribution in [0.25, 0.3) is 22.6 Å². The fourth-order valence-corrected chi connectivity index (χ4v) is 4.53. The molecule has 0 bridgehead atoms. The van der Waals surface area contributed by atoms with Crippen molar-refractivity contribution in [1.29, 1.82) is 0 Å². The number of imidazole rings is 1. The number of rotatable bonds is 6. The number of ether oxygens (including phenoxy) is 2. The van der Waals surface area contributed by atoms with Gasteiger partial charge in [0.15, 0.2) is 17.3 Å². The number of hydrogen-bond donors (Lipinski definition) is 2. The summed E-state index contributed by atoms with van der Waals surface area (Å²) in [4.78, 5) is 30.7. The van der Waals surface area contributed by atoms with Crippen molar-refractivity contribution in [3.63, 3.8) is 0 Å². The van der Waals surface area contributed by atoms with Crippen LogP contribution in [-0.4, -0.2) is 44.6 Å². The molecular weight excluding hydrogens is 446 g/mol. The number of amides is 1. The monoisotopic (exact) mass is 473 g/mol. The minimum Gasteiger partial charge on any atom is -0.497 e. The van der Waals surface area contributed by atoms with Crippen molar-refractivity contribution in [2.24, 2.45) is 5.92 Å². The lowest BCUT2D eigenvalue weighted by molar-refractivity contribution is -0.120. The van der Waals surface area contributed by atoms with E-state index in [1.54, 1.807) is 32.8 Å². The molecule has 10 heteroatoms. The standard InChI is InChI=1S/C25H27N7O3/c1-34-19-5-3-4-17(12-19)29-25(33)15-6-9-18(10-7-15)32-14-28-21-22(26)30-23(31-24(21)32)16-8-11-20(35-2)27-13-16/h3-5,8,11-15,18H,6-7,9-10H2,1-2H3,(H,29,33)(H2,26,30,31)/t15-,18+. The smallest absolute Gasteiger partial charge is 0.227 e. The van der Waals surface area contributed by atoms with E-state index in [4.69, 9.17) is 20.2 Å². The van der Waals surface area contributed by atoms with Crippen LogP contribution in [0.15, 0.2) is 48.9 Å². The summed E-state index contributed by atoms with van der Waals surface area (Å²) in [6, 6.07) is 11.2. The van der Waals surface area contributed by atoms with Crippen molar-refractivity contribution in [1.82, 2.24) is 24.5 Å². The largest absolute Gasteiger partial charge is 0.497 e. The number of benzene rings is 1. The van der Waals surface area contributed by atoms with Gasteiger partial charge in [-0.25, -0.2) is 19.9 Å². The summed E-state index contributed by atoms with van der Waals surface area (Å²) in [5, 5.41) is 3.02. The third kappa shape index (κ3) is 4.59. The van der Waals surface area contributed by atoms with E-state index in [0.717, 1.165) is 36.9 Å². The number of fused-ring (bicyclic) bond motifs is 1. The molecule has 1 saturated carbocycles. The van der Waals surface area contributed by atoms with Gasteiger partial charge in [0, 0.05) is 41.5 Å². The third-order valence-electron chi connectivity index (χ3n) is 6.45. The Hall–Kier alpha value is -4.21. The molecule has 5 rings (SSSR count). The van der Waals surface area contributed by atoms with E-state index in [-0.39, 0.29) is 17.9 Å². The summed E-state index contributed by atoms with van der Waals surface area (Å²) < 4.78 is 12.4. The van der Waals surface area contributed by atoms with Crippen LogP contribution < -0.4 is 20.5 Å². The van der Waals surface area contributed by atoms with Gasteiger partial charge in [-0.3, -0.25) is 4.79 Å². The Morgan fingerprint density at radius 1 is 1.06 bits per heavy atom. The summed E-state index contributed by atoms with van der Waals surface area (Å²) in [5.41, 5.74) is 8.96. The number of nitrogens with two attached hydrogens (primary N) is 1. The summed E-state index contributed by atoms with van der Waals surface area (Å²) in [6.45, 7) is 0. The minimum absolute atomic E-state index is 0.0352. The number of pyridine rings is 1. The van der Waals surface area contributed by atoms with Gasteiger partial charge in [0.05, 0.1) is 20.5 Å². The van der Waals surface area contributed by atoms with Crippen LogP contribution in [0, 0.1) is 5.92 Å². The Balaban J connectivity index is 1.31. The lowest BCUT2D eigenvalue weighted by atomic mass is 9.85. The predicted octanol–water partition coefficient (Wildman–Crippen LogP) is 3.86. The highest BCUT2D eigenvalue weighted by Gasteiger charge is 2.28. The minimum atomic E-state index is -0.0483. The highest BCUT2D eigenvalue weighted by atomic mass is 16.5. The molecule has 1 fully saturated rings. The SMILES string of the molecule is COc1cccc(NC(=O)[C@H]2CC[C@@H](n3cnc4c(N)nc(-c5ccc(OC)nc5)nc43)CC2)c1. The quantitative estimate of drug-likeness (QED) is 0.432. The molecule has 3 N–H and O–H groups in total. The maximum absolute atomic E-state index is 12.8. The summed E-state index contributed by atoms with van der Waals surface area (Å²) in [6.07, 6.45) is 6.65. The van der Waals surface area contributed by atoms with E-state index in [1.807, 2.05) is 30.3 Å². The van der Waals surface area contributed by atoms with Gasteiger partial charge < -0.3 is 25.1 Å². The molecular formula is C25H27N7O3. The van der Waals surface area contributed by atoms with E-state index in [0.29, 0.717) is 34.4 Å². The number of nitrogen functional groups attached to an aromatic ring is 1. The lowest BCUT2D eigenvalue weighted by Crippen LogP contribution is -2.28. The maximum Gasteiger partial charge on any atom is 0.227 e. The van der Waals surface area contributed by atoms with Crippen molar-refractivity contribution < 1.29 is 14.3 Å². The van der Waals surface area contributed by atoms with Gasteiger partial charge in [-0.1, -0.05) is 6.07 Å². The third-order valence-corrected chi connectivity index (χ3v) is 6.45.